The Kier molecular flexibility index (Phi) is 3.85. The third kappa shape index (κ3) is 2.63. The summed E-state index contributed by atoms with van der Waals surface area (Å²) in [5, 5.41) is 0. The van der Waals surface area contributed by atoms with Crippen molar-refractivity contribution in [3.8, 4) is 0 Å². The van der Waals surface area contributed by atoms with E-state index in [1.165, 1.54) is 12.1 Å². The van der Waals surface area contributed by atoms with Gasteiger partial charge < -0.3 is 4.74 Å². The lowest BCUT2D eigenvalue weighted by Gasteiger charge is -2.08. The van der Waals surface area contributed by atoms with Crippen LogP contribution in [0.25, 0.3) is 5.57 Å². The molecule has 92 valence electrons. The fourth-order valence-electron chi connectivity index (χ4n) is 2.29. The van der Waals surface area contributed by atoms with Crippen LogP contribution in [0.5, 0.6) is 0 Å². The number of halogens is 1. The molecule has 0 unspecified atom stereocenters. The van der Waals surface area contributed by atoms with Crippen LogP contribution in [0, 0.1) is 5.82 Å². The van der Waals surface area contributed by atoms with Crippen molar-refractivity contribution in [3.63, 3.8) is 0 Å². The van der Waals surface area contributed by atoms with Crippen molar-refractivity contribution in [3.05, 3.63) is 35.2 Å². The average molecular weight is 244 g/mol. The minimum Gasteiger partial charge on any atom is -0.463 e. The Morgan fingerprint density at radius 1 is 1.39 bits per heavy atom. The predicted molar refractivity (Wildman–Crippen MR) is 69.2 cm³/mol. The van der Waals surface area contributed by atoms with E-state index in [4.69, 9.17) is 12.6 Å². The normalized spacial score (nSPS) is 15.0. The van der Waals surface area contributed by atoms with Gasteiger partial charge in [-0.1, -0.05) is 11.5 Å². The van der Waals surface area contributed by atoms with E-state index in [-0.39, 0.29) is 11.8 Å². The Labute approximate surface area is 107 Å². The van der Waals surface area contributed by atoms with Gasteiger partial charge in [0, 0.05) is 5.57 Å². The van der Waals surface area contributed by atoms with E-state index < -0.39 is 0 Å². The topological polar surface area (TPSA) is 26.3 Å². The molecular weight excluding hydrogens is 230 g/mol. The third-order valence-electron chi connectivity index (χ3n) is 3.01. The van der Waals surface area contributed by atoms with E-state index in [9.17, 15) is 9.18 Å². The Bertz CT molecular complexity index is 488. The number of rotatable bonds is 3. The molecule has 0 aliphatic heterocycles. The van der Waals surface area contributed by atoms with Crippen LogP contribution in [0.3, 0.4) is 0 Å². The first-order valence-electron chi connectivity index (χ1n) is 6.07. The van der Waals surface area contributed by atoms with Gasteiger partial charge in [0.2, 0.25) is 0 Å². The highest BCUT2D eigenvalue weighted by molar-refractivity contribution is 6.32. The lowest BCUT2D eigenvalue weighted by atomic mass is 9.91. The number of ether oxygens (including phenoxy) is 1. The summed E-state index contributed by atoms with van der Waals surface area (Å²) in [5.74, 6) is -0.680. The van der Waals surface area contributed by atoms with Crippen molar-refractivity contribution in [2.45, 2.75) is 26.2 Å². The molecule has 2 rings (SSSR count). The summed E-state index contributed by atoms with van der Waals surface area (Å²) in [7, 11) is 5.63. The van der Waals surface area contributed by atoms with E-state index in [1.807, 2.05) is 0 Å². The first kappa shape index (κ1) is 12.9. The highest BCUT2D eigenvalue weighted by Gasteiger charge is 2.23. The van der Waals surface area contributed by atoms with Crippen LogP contribution in [0.2, 0.25) is 0 Å². The van der Waals surface area contributed by atoms with Crippen molar-refractivity contribution in [2.24, 2.45) is 0 Å². The lowest BCUT2D eigenvalue weighted by molar-refractivity contribution is -0.138. The van der Waals surface area contributed by atoms with E-state index in [1.54, 1.807) is 13.0 Å². The summed E-state index contributed by atoms with van der Waals surface area (Å²) in [5.41, 5.74) is 2.57. The quantitative estimate of drug-likeness (QED) is 0.601. The molecule has 0 saturated carbocycles. The molecule has 1 aromatic rings. The van der Waals surface area contributed by atoms with Crippen molar-refractivity contribution in [1.82, 2.24) is 0 Å². The van der Waals surface area contributed by atoms with Gasteiger partial charge in [0.1, 0.15) is 13.7 Å². The number of allylic oxidation sites excluding steroid dienone is 1. The molecule has 1 aliphatic carbocycles. The summed E-state index contributed by atoms with van der Waals surface area (Å²) in [6, 6.07) is 4.38. The number of carbonyl (C=O) groups is 1. The highest BCUT2D eigenvalue weighted by Crippen LogP contribution is 2.34. The molecule has 0 bridgehead atoms. The minimum atomic E-state index is -0.382. The molecule has 0 heterocycles. The van der Waals surface area contributed by atoms with Crippen molar-refractivity contribution < 1.29 is 13.9 Å². The maximum absolute atomic E-state index is 13.3. The molecule has 0 spiro atoms. The van der Waals surface area contributed by atoms with Gasteiger partial charge in [0.15, 0.2) is 0 Å². The second kappa shape index (κ2) is 5.38. The smallest absolute Gasteiger partial charge is 0.334 e. The van der Waals surface area contributed by atoms with Crippen molar-refractivity contribution >= 4 is 24.9 Å². The Hall–Kier alpha value is -1.58. The maximum Gasteiger partial charge on any atom is 0.334 e. The van der Waals surface area contributed by atoms with Gasteiger partial charge in [-0.2, -0.15) is 0 Å². The number of hydrogen-bond donors (Lipinski definition) is 0. The van der Waals surface area contributed by atoms with E-state index >= 15 is 0 Å². The fourth-order valence-corrected chi connectivity index (χ4v) is 2.29. The third-order valence-corrected chi connectivity index (χ3v) is 3.01. The van der Waals surface area contributed by atoms with Crippen LogP contribution in [0.15, 0.2) is 23.8 Å². The summed E-state index contributed by atoms with van der Waals surface area (Å²) in [4.78, 5) is 11.8. The second-order valence-corrected chi connectivity index (χ2v) is 4.30. The van der Waals surface area contributed by atoms with Gasteiger partial charge >= 0.3 is 5.97 Å². The molecule has 2 radical (unpaired) electrons. The Morgan fingerprint density at radius 3 is 2.83 bits per heavy atom. The molecular formula is C14H14BFO2. The summed E-state index contributed by atoms with van der Waals surface area (Å²) in [6.45, 7) is 2.12. The van der Waals surface area contributed by atoms with Crippen molar-refractivity contribution in [2.75, 3.05) is 6.61 Å². The zero-order chi connectivity index (χ0) is 13.1. The van der Waals surface area contributed by atoms with Crippen LogP contribution in [0.1, 0.15) is 31.7 Å². The van der Waals surface area contributed by atoms with Crippen LogP contribution < -0.4 is 5.46 Å². The van der Waals surface area contributed by atoms with Gasteiger partial charge in [-0.15, -0.1) is 0 Å². The Morgan fingerprint density at radius 2 is 2.17 bits per heavy atom. The summed E-state index contributed by atoms with van der Waals surface area (Å²) in [6.07, 6.45) is 2.33. The molecule has 1 aliphatic rings. The molecule has 0 N–H and O–H groups in total. The van der Waals surface area contributed by atoms with E-state index in [2.05, 4.69) is 0 Å². The summed E-state index contributed by atoms with van der Waals surface area (Å²) < 4.78 is 18.4. The molecule has 1 aromatic carbocycles. The number of benzene rings is 1. The molecule has 4 heteroatoms. The molecule has 0 saturated heterocycles. The zero-order valence-electron chi connectivity index (χ0n) is 10.3. The number of hydrogen-bond acceptors (Lipinski definition) is 2. The first-order chi connectivity index (χ1) is 8.61. The van der Waals surface area contributed by atoms with E-state index in [0.29, 0.717) is 29.6 Å². The van der Waals surface area contributed by atoms with Gasteiger partial charge in [-0.05, 0) is 49.5 Å². The Balaban J connectivity index is 2.40. The van der Waals surface area contributed by atoms with Crippen LogP contribution in [0.4, 0.5) is 4.39 Å². The maximum atomic E-state index is 13.3. The average Bonchev–Trinajstić information content (AvgIpc) is 2.76. The van der Waals surface area contributed by atoms with Crippen molar-refractivity contribution in [1.29, 1.82) is 0 Å². The van der Waals surface area contributed by atoms with Gasteiger partial charge in [-0.25, -0.2) is 9.18 Å². The van der Waals surface area contributed by atoms with E-state index in [0.717, 1.165) is 18.4 Å². The number of esters is 1. The SMILES string of the molecule is [B]c1cc(F)cc(C2=C(C(=O)OCC)CCC2)c1. The highest BCUT2D eigenvalue weighted by atomic mass is 19.1. The van der Waals surface area contributed by atoms with Gasteiger partial charge in [0.05, 0.1) is 6.61 Å². The lowest BCUT2D eigenvalue weighted by Crippen LogP contribution is -2.09. The van der Waals surface area contributed by atoms with Crippen LogP contribution >= 0.6 is 0 Å². The largest absolute Gasteiger partial charge is 0.463 e. The van der Waals surface area contributed by atoms with Crippen LogP contribution in [-0.4, -0.2) is 20.4 Å². The molecule has 2 nitrogen and oxygen atoms in total. The van der Waals surface area contributed by atoms with Gasteiger partial charge in [-0.3, -0.25) is 0 Å². The molecule has 0 fully saturated rings. The number of carbonyl (C=O) groups excluding carboxylic acids is 1. The zero-order valence-corrected chi connectivity index (χ0v) is 10.3. The van der Waals surface area contributed by atoms with Gasteiger partial charge in [0.25, 0.3) is 0 Å². The molecule has 18 heavy (non-hydrogen) atoms. The fraction of sp³-hybridized carbons (Fsp3) is 0.357. The monoisotopic (exact) mass is 244 g/mol. The summed E-state index contributed by atoms with van der Waals surface area (Å²) >= 11 is 0. The first-order valence-corrected chi connectivity index (χ1v) is 6.07. The molecule has 0 amide bonds. The standard InChI is InChI=1S/C14H14BFO2/c1-2-18-14(17)13-5-3-4-12(13)9-6-10(15)8-11(16)7-9/h6-8H,2-5H2,1H3. The molecule has 0 aromatic heterocycles. The second-order valence-electron chi connectivity index (χ2n) is 4.30. The molecule has 0 atom stereocenters. The predicted octanol–water partition coefficient (Wildman–Crippen LogP) is 2.12. The minimum absolute atomic E-state index is 0.298. The van der Waals surface area contributed by atoms with Crippen LogP contribution in [-0.2, 0) is 9.53 Å².